The summed E-state index contributed by atoms with van der Waals surface area (Å²) in [6, 6.07) is 11.8. The van der Waals surface area contributed by atoms with E-state index in [2.05, 4.69) is 15.2 Å². The van der Waals surface area contributed by atoms with Gasteiger partial charge in [0.25, 0.3) is 0 Å². The topological polar surface area (TPSA) is 204 Å². The number of benzene rings is 1. The number of hydrogen-bond donors (Lipinski definition) is 4. The summed E-state index contributed by atoms with van der Waals surface area (Å²) in [4.78, 5) is 16.5. The molecule has 212 valence electrons. The maximum absolute atomic E-state index is 13.9. The van der Waals surface area contributed by atoms with E-state index in [1.165, 1.54) is 36.0 Å². The van der Waals surface area contributed by atoms with Gasteiger partial charge in [-0.2, -0.15) is 15.4 Å². The van der Waals surface area contributed by atoms with Crippen molar-refractivity contribution in [2.75, 3.05) is 18.9 Å². The maximum atomic E-state index is 13.9. The van der Waals surface area contributed by atoms with E-state index < -0.39 is 50.3 Å². The molecule has 1 aliphatic carbocycles. The Morgan fingerprint density at radius 2 is 2.10 bits per heavy atom. The number of nitrogen functional groups attached to an aromatic ring is 1. The first-order chi connectivity index (χ1) is 19.1. The van der Waals surface area contributed by atoms with Gasteiger partial charge in [0.15, 0.2) is 11.4 Å². The van der Waals surface area contributed by atoms with Crippen molar-refractivity contribution in [3.05, 3.63) is 54.5 Å². The van der Waals surface area contributed by atoms with Gasteiger partial charge in [-0.3, -0.25) is 9.32 Å². The third kappa shape index (κ3) is 5.15. The number of hydrogen-bond acceptors (Lipinski definition) is 12. The number of nitrogens with one attached hydrogen (secondary N) is 1. The molecule has 3 aromatic rings. The summed E-state index contributed by atoms with van der Waals surface area (Å²) >= 11 is 0. The molecule has 15 heteroatoms. The van der Waals surface area contributed by atoms with Crippen LogP contribution in [-0.4, -0.2) is 67.8 Å². The van der Waals surface area contributed by atoms with Gasteiger partial charge in [-0.15, -0.1) is 0 Å². The first kappa shape index (κ1) is 28.0. The molecule has 0 spiro atoms. The zero-order valence-electron chi connectivity index (χ0n) is 21.5. The molecule has 5 rings (SSSR count). The standard InChI is InChI=1S/C25H29N6O8P/c1-16(22(32)38-17-8-5-9-17)30-40(35,39-18-6-3-2-4-7-18)37-13-24(12-26)23(33)25(34,14-36-24)20-11-10-19-21(27)28-15-29-31(19)20/h2-4,6-7,10-11,15-17,23,33-34H,5,8-9,13-14H2,1H3,(H,30,35)(H2,27,28,29)/t16-,23+,24+,25-,40+/m0/s1. The van der Waals surface area contributed by atoms with E-state index in [1.807, 2.05) is 6.07 Å². The van der Waals surface area contributed by atoms with Crippen LogP contribution in [0.4, 0.5) is 5.82 Å². The van der Waals surface area contributed by atoms with Gasteiger partial charge in [0.2, 0.25) is 5.60 Å². The minimum absolute atomic E-state index is 0.0930. The Hall–Kier alpha value is -3.57. The fourth-order valence-corrected chi connectivity index (χ4v) is 5.98. The van der Waals surface area contributed by atoms with Gasteiger partial charge in [0.1, 0.15) is 48.5 Å². The zero-order valence-corrected chi connectivity index (χ0v) is 22.4. The molecule has 0 unspecified atom stereocenters. The van der Waals surface area contributed by atoms with Crippen molar-refractivity contribution in [2.45, 2.75) is 55.6 Å². The van der Waals surface area contributed by atoms with Gasteiger partial charge in [-0.1, -0.05) is 18.2 Å². The molecule has 0 radical (unpaired) electrons. The summed E-state index contributed by atoms with van der Waals surface area (Å²) in [7, 11) is -4.38. The number of aliphatic hydroxyl groups excluding tert-OH is 1. The van der Waals surface area contributed by atoms with Gasteiger partial charge >= 0.3 is 13.7 Å². The van der Waals surface area contributed by atoms with Crippen LogP contribution in [0, 0.1) is 11.3 Å². The highest BCUT2D eigenvalue weighted by molar-refractivity contribution is 7.52. The third-order valence-corrected chi connectivity index (χ3v) is 8.64. The number of anilines is 1. The molecule has 1 aromatic carbocycles. The van der Waals surface area contributed by atoms with Crippen LogP contribution in [0.25, 0.3) is 5.52 Å². The lowest BCUT2D eigenvalue weighted by molar-refractivity contribution is -0.154. The van der Waals surface area contributed by atoms with E-state index in [0.717, 1.165) is 19.3 Å². The van der Waals surface area contributed by atoms with Gasteiger partial charge in [0, 0.05) is 0 Å². The number of carbonyl (C=O) groups excluding carboxylic acids is 1. The largest absolute Gasteiger partial charge is 0.461 e. The number of nitrogens with zero attached hydrogens (tertiary/aromatic N) is 4. The molecule has 1 saturated heterocycles. The minimum Gasteiger partial charge on any atom is -0.461 e. The van der Waals surface area contributed by atoms with E-state index >= 15 is 0 Å². The SMILES string of the molecule is C[C@H](N[P@@](=O)(OC[C@@]1(C#N)OC[C@](O)(c2ccc3c(N)ncnn23)[C@@H]1O)Oc1ccccc1)C(=O)OC1CCC1. The second kappa shape index (κ2) is 10.8. The number of carbonyl (C=O) groups is 1. The van der Waals surface area contributed by atoms with Crippen LogP contribution in [-0.2, 0) is 29.0 Å². The van der Waals surface area contributed by atoms with Crippen LogP contribution in [0.3, 0.4) is 0 Å². The normalized spacial score (nSPS) is 26.9. The van der Waals surface area contributed by atoms with Crippen molar-refractivity contribution in [1.82, 2.24) is 19.7 Å². The lowest BCUT2D eigenvalue weighted by Gasteiger charge is -2.31. The van der Waals surface area contributed by atoms with Crippen molar-refractivity contribution in [3.8, 4) is 11.8 Å². The van der Waals surface area contributed by atoms with Gasteiger partial charge < -0.3 is 29.9 Å². The van der Waals surface area contributed by atoms with Crippen LogP contribution >= 0.6 is 7.75 Å². The van der Waals surface area contributed by atoms with Crippen LogP contribution in [0.15, 0.2) is 48.8 Å². The molecular weight excluding hydrogens is 543 g/mol. The number of esters is 1. The molecule has 5 N–H and O–H groups in total. The van der Waals surface area contributed by atoms with Crippen molar-refractivity contribution < 1.29 is 38.1 Å². The highest BCUT2D eigenvalue weighted by atomic mass is 31.2. The van der Waals surface area contributed by atoms with Crippen molar-refractivity contribution >= 4 is 25.1 Å². The van der Waals surface area contributed by atoms with E-state index in [1.54, 1.807) is 24.3 Å². The number of nitrogens with two attached hydrogens (primary N) is 1. The van der Waals surface area contributed by atoms with Crippen molar-refractivity contribution in [1.29, 1.82) is 5.26 Å². The Balaban J connectivity index is 1.37. The smallest absolute Gasteiger partial charge is 0.459 e. The number of nitriles is 1. The van der Waals surface area contributed by atoms with E-state index in [4.69, 9.17) is 24.3 Å². The summed E-state index contributed by atoms with van der Waals surface area (Å²) in [5.41, 5.74) is 2.05. The monoisotopic (exact) mass is 572 g/mol. The summed E-state index contributed by atoms with van der Waals surface area (Å²) in [6.45, 7) is 0.119. The van der Waals surface area contributed by atoms with Crippen LogP contribution < -0.4 is 15.3 Å². The Bertz CT molecular complexity index is 1480. The van der Waals surface area contributed by atoms with Crippen molar-refractivity contribution in [2.24, 2.45) is 0 Å². The summed E-state index contributed by atoms with van der Waals surface area (Å²) in [5, 5.41) is 39.4. The summed E-state index contributed by atoms with van der Waals surface area (Å²) < 4.78 is 37.4. The maximum Gasteiger partial charge on any atom is 0.459 e. The Kier molecular flexibility index (Phi) is 7.54. The first-order valence-corrected chi connectivity index (χ1v) is 14.2. The highest BCUT2D eigenvalue weighted by Crippen LogP contribution is 2.48. The molecule has 0 bridgehead atoms. The number of para-hydroxylation sites is 1. The van der Waals surface area contributed by atoms with Crippen LogP contribution in [0.2, 0.25) is 0 Å². The molecule has 5 atom stereocenters. The number of ether oxygens (including phenoxy) is 2. The lowest BCUT2D eigenvalue weighted by atomic mass is 9.86. The fourth-order valence-electron chi connectivity index (χ4n) is 4.46. The molecule has 40 heavy (non-hydrogen) atoms. The number of aromatic nitrogens is 3. The second-order valence-electron chi connectivity index (χ2n) is 9.79. The highest BCUT2D eigenvalue weighted by Gasteiger charge is 2.61. The number of fused-ring (bicyclic) bond motifs is 1. The predicted octanol–water partition coefficient (Wildman–Crippen LogP) is 1.43. The minimum atomic E-state index is -4.38. The van der Waals surface area contributed by atoms with Gasteiger partial charge in [-0.05, 0) is 50.5 Å². The second-order valence-corrected chi connectivity index (χ2v) is 11.5. The molecule has 1 aliphatic heterocycles. The third-order valence-electron chi connectivity index (χ3n) is 7.02. The fraction of sp³-hybridized carbons (Fsp3) is 0.440. The summed E-state index contributed by atoms with van der Waals surface area (Å²) in [6.07, 6.45) is 1.57. The molecule has 2 aliphatic rings. The Labute approximate surface area is 229 Å². The molecular formula is C25H29N6O8P. The molecule has 1 saturated carbocycles. The van der Waals surface area contributed by atoms with Crippen molar-refractivity contribution in [3.63, 3.8) is 0 Å². The van der Waals surface area contributed by atoms with E-state index in [0.29, 0.717) is 5.52 Å². The molecule has 3 heterocycles. The average Bonchev–Trinajstić information content (AvgIpc) is 3.47. The van der Waals surface area contributed by atoms with Gasteiger partial charge in [-0.25, -0.2) is 14.1 Å². The zero-order chi connectivity index (χ0) is 28.5. The summed E-state index contributed by atoms with van der Waals surface area (Å²) in [5.74, 6) is -0.346. The quantitative estimate of drug-likeness (QED) is 0.201. The van der Waals surface area contributed by atoms with E-state index in [-0.39, 0.29) is 23.4 Å². The Morgan fingerprint density at radius 3 is 2.77 bits per heavy atom. The number of aliphatic hydroxyl groups is 2. The average molecular weight is 573 g/mol. The van der Waals surface area contributed by atoms with Crippen LogP contribution in [0.5, 0.6) is 5.75 Å². The molecule has 14 nitrogen and oxygen atoms in total. The number of rotatable bonds is 10. The molecule has 2 fully saturated rings. The molecule has 0 amide bonds. The lowest BCUT2D eigenvalue weighted by Crippen LogP contribution is -2.51. The van der Waals surface area contributed by atoms with Crippen LogP contribution in [0.1, 0.15) is 31.9 Å². The molecule has 2 aromatic heterocycles. The Morgan fingerprint density at radius 1 is 1.35 bits per heavy atom. The first-order valence-electron chi connectivity index (χ1n) is 12.6. The predicted molar refractivity (Wildman–Crippen MR) is 139 cm³/mol. The van der Waals surface area contributed by atoms with Gasteiger partial charge in [0.05, 0.1) is 12.3 Å². The van der Waals surface area contributed by atoms with E-state index in [9.17, 15) is 24.8 Å².